The van der Waals surface area contributed by atoms with Crippen molar-refractivity contribution in [3.05, 3.63) is 35.1 Å². The minimum Gasteiger partial charge on any atom is -0.324 e. The van der Waals surface area contributed by atoms with Gasteiger partial charge in [0.1, 0.15) is 5.82 Å². The molecule has 0 heterocycles. The van der Waals surface area contributed by atoms with Crippen molar-refractivity contribution in [1.82, 2.24) is 0 Å². The van der Waals surface area contributed by atoms with Gasteiger partial charge < -0.3 is 5.73 Å². The number of halogens is 2. The Balaban J connectivity index is 0.000000845. The predicted molar refractivity (Wildman–Crippen MR) is 53.5 cm³/mol. The smallest absolute Gasteiger partial charge is 0.128 e. The average Bonchev–Trinajstić information content (AvgIpc) is 2.04. The van der Waals surface area contributed by atoms with E-state index in [1.807, 2.05) is 6.07 Å². The molecule has 0 radical (unpaired) electrons. The zero-order valence-corrected chi connectivity index (χ0v) is 8.11. The van der Waals surface area contributed by atoms with Crippen LogP contribution < -0.4 is 5.73 Å². The summed E-state index contributed by atoms with van der Waals surface area (Å²) in [5.74, 6) is -0.139. The highest BCUT2D eigenvalue weighted by atomic mass is 35.5. The number of nitrogens with two attached hydrogens (primary N) is 1. The molecule has 1 aliphatic rings. The predicted octanol–water partition coefficient (Wildman–Crippen LogP) is 2.58. The van der Waals surface area contributed by atoms with E-state index >= 15 is 0 Å². The fourth-order valence-electron chi connectivity index (χ4n) is 1.87. The van der Waals surface area contributed by atoms with Gasteiger partial charge in [-0.2, -0.15) is 0 Å². The summed E-state index contributed by atoms with van der Waals surface area (Å²) >= 11 is 0. The molecule has 1 atom stereocenters. The molecule has 1 nitrogen and oxygen atoms in total. The molecule has 3 heteroatoms. The van der Waals surface area contributed by atoms with E-state index in [4.69, 9.17) is 5.73 Å². The highest BCUT2D eigenvalue weighted by molar-refractivity contribution is 5.85. The fraction of sp³-hybridized carbons (Fsp3) is 0.400. The molecule has 0 fully saturated rings. The van der Waals surface area contributed by atoms with Crippen LogP contribution in [0.4, 0.5) is 4.39 Å². The van der Waals surface area contributed by atoms with Crippen molar-refractivity contribution in [2.24, 2.45) is 5.73 Å². The van der Waals surface area contributed by atoms with Crippen molar-refractivity contribution < 1.29 is 4.39 Å². The lowest BCUT2D eigenvalue weighted by Crippen LogP contribution is -2.18. The number of fused-ring (bicyclic) bond motifs is 1. The maximum absolute atomic E-state index is 13.2. The van der Waals surface area contributed by atoms with Crippen LogP contribution in [0.15, 0.2) is 18.2 Å². The van der Waals surface area contributed by atoms with Crippen molar-refractivity contribution in [2.75, 3.05) is 0 Å². The highest BCUT2D eigenvalue weighted by Crippen LogP contribution is 2.29. The lowest BCUT2D eigenvalue weighted by atomic mass is 9.88. The monoisotopic (exact) mass is 201 g/mol. The van der Waals surface area contributed by atoms with Crippen LogP contribution in [-0.2, 0) is 6.42 Å². The molecule has 0 spiro atoms. The molecule has 0 bridgehead atoms. The first-order valence-electron chi connectivity index (χ1n) is 4.32. The standard InChI is InChI=1S/C10H12FN.ClH/c11-8-5-1-3-7-4-2-6-9(12)10(7)8;/h1,3,5,9H,2,4,6,12H2;1H/t9-;/m0./s1. The quantitative estimate of drug-likeness (QED) is 0.686. The second-order valence-electron chi connectivity index (χ2n) is 3.31. The van der Waals surface area contributed by atoms with Crippen LogP contribution in [0.5, 0.6) is 0 Å². The summed E-state index contributed by atoms with van der Waals surface area (Å²) < 4.78 is 13.2. The number of benzene rings is 1. The molecule has 0 amide bonds. The first-order valence-corrected chi connectivity index (χ1v) is 4.32. The van der Waals surface area contributed by atoms with Crippen LogP contribution in [-0.4, -0.2) is 0 Å². The largest absolute Gasteiger partial charge is 0.324 e. The lowest BCUT2D eigenvalue weighted by Gasteiger charge is -2.22. The average molecular weight is 202 g/mol. The van der Waals surface area contributed by atoms with Gasteiger partial charge in [0.15, 0.2) is 0 Å². The van der Waals surface area contributed by atoms with Gasteiger partial charge in [-0.05, 0) is 30.9 Å². The van der Waals surface area contributed by atoms with Gasteiger partial charge in [-0.25, -0.2) is 4.39 Å². The van der Waals surface area contributed by atoms with Gasteiger partial charge >= 0.3 is 0 Å². The van der Waals surface area contributed by atoms with E-state index in [0.29, 0.717) is 0 Å². The molecule has 0 unspecified atom stereocenters. The molecular formula is C10H13ClFN. The van der Waals surface area contributed by atoms with Gasteiger partial charge in [0.25, 0.3) is 0 Å². The summed E-state index contributed by atoms with van der Waals surface area (Å²) in [6, 6.07) is 5.13. The van der Waals surface area contributed by atoms with E-state index in [1.165, 1.54) is 6.07 Å². The normalized spacial score (nSPS) is 20.3. The second-order valence-corrected chi connectivity index (χ2v) is 3.31. The summed E-state index contributed by atoms with van der Waals surface area (Å²) in [5.41, 5.74) is 7.64. The van der Waals surface area contributed by atoms with E-state index < -0.39 is 0 Å². The minimum absolute atomic E-state index is 0. The van der Waals surface area contributed by atoms with Crippen molar-refractivity contribution in [2.45, 2.75) is 25.3 Å². The molecule has 2 N–H and O–H groups in total. The van der Waals surface area contributed by atoms with E-state index in [1.54, 1.807) is 6.07 Å². The number of hydrogen-bond acceptors (Lipinski definition) is 1. The van der Waals surface area contributed by atoms with Crippen molar-refractivity contribution in [3.8, 4) is 0 Å². The third kappa shape index (κ3) is 1.84. The van der Waals surface area contributed by atoms with Crippen LogP contribution in [0.2, 0.25) is 0 Å². The third-order valence-corrected chi connectivity index (χ3v) is 2.48. The Morgan fingerprint density at radius 3 is 2.85 bits per heavy atom. The Labute approximate surface area is 83.5 Å². The molecule has 2 rings (SSSR count). The van der Waals surface area contributed by atoms with Crippen molar-refractivity contribution in [1.29, 1.82) is 0 Å². The van der Waals surface area contributed by atoms with Crippen LogP contribution in [0.3, 0.4) is 0 Å². The zero-order chi connectivity index (χ0) is 8.55. The fourth-order valence-corrected chi connectivity index (χ4v) is 1.87. The molecular weight excluding hydrogens is 189 g/mol. The van der Waals surface area contributed by atoms with Gasteiger partial charge in [0.05, 0.1) is 0 Å². The summed E-state index contributed by atoms with van der Waals surface area (Å²) in [6.45, 7) is 0. The number of aryl methyl sites for hydroxylation is 1. The van der Waals surface area contributed by atoms with Gasteiger partial charge in [0, 0.05) is 11.6 Å². The Morgan fingerprint density at radius 1 is 1.38 bits per heavy atom. The Bertz CT molecular complexity index is 301. The van der Waals surface area contributed by atoms with Crippen molar-refractivity contribution in [3.63, 3.8) is 0 Å². The van der Waals surface area contributed by atoms with Crippen LogP contribution in [0.1, 0.15) is 30.0 Å². The van der Waals surface area contributed by atoms with Crippen LogP contribution in [0, 0.1) is 5.82 Å². The molecule has 0 aliphatic heterocycles. The molecule has 1 aromatic rings. The maximum atomic E-state index is 13.2. The Kier molecular flexibility index (Phi) is 3.28. The van der Waals surface area contributed by atoms with E-state index in [2.05, 4.69) is 0 Å². The van der Waals surface area contributed by atoms with Gasteiger partial charge in [-0.15, -0.1) is 12.4 Å². The Hall–Kier alpha value is -0.600. The minimum atomic E-state index is -0.139. The molecule has 0 saturated heterocycles. The molecule has 72 valence electrons. The van der Waals surface area contributed by atoms with Gasteiger partial charge in [-0.3, -0.25) is 0 Å². The van der Waals surface area contributed by atoms with E-state index in [0.717, 1.165) is 30.4 Å². The van der Waals surface area contributed by atoms with Crippen LogP contribution >= 0.6 is 12.4 Å². The number of rotatable bonds is 0. The summed E-state index contributed by atoms with van der Waals surface area (Å²) in [6.07, 6.45) is 2.96. The highest BCUT2D eigenvalue weighted by Gasteiger charge is 2.19. The second kappa shape index (κ2) is 4.07. The SMILES string of the molecule is Cl.N[C@H]1CCCc2cccc(F)c21. The summed E-state index contributed by atoms with van der Waals surface area (Å²) in [7, 11) is 0. The maximum Gasteiger partial charge on any atom is 0.128 e. The summed E-state index contributed by atoms with van der Waals surface area (Å²) in [5, 5.41) is 0. The van der Waals surface area contributed by atoms with Gasteiger partial charge in [0.2, 0.25) is 0 Å². The molecule has 0 aromatic heterocycles. The molecule has 13 heavy (non-hydrogen) atoms. The Morgan fingerprint density at radius 2 is 2.15 bits per heavy atom. The molecule has 1 aromatic carbocycles. The van der Waals surface area contributed by atoms with Gasteiger partial charge in [-0.1, -0.05) is 12.1 Å². The lowest BCUT2D eigenvalue weighted by molar-refractivity contribution is 0.518. The topological polar surface area (TPSA) is 26.0 Å². The third-order valence-electron chi connectivity index (χ3n) is 2.48. The summed E-state index contributed by atoms with van der Waals surface area (Å²) in [4.78, 5) is 0. The molecule has 0 saturated carbocycles. The zero-order valence-electron chi connectivity index (χ0n) is 7.29. The van der Waals surface area contributed by atoms with Crippen LogP contribution in [0.25, 0.3) is 0 Å². The van der Waals surface area contributed by atoms with E-state index in [-0.39, 0.29) is 24.3 Å². The molecule has 1 aliphatic carbocycles. The first-order chi connectivity index (χ1) is 5.79. The number of hydrogen-bond donors (Lipinski definition) is 1. The first kappa shape index (κ1) is 10.5. The van der Waals surface area contributed by atoms with E-state index in [9.17, 15) is 4.39 Å². The van der Waals surface area contributed by atoms with Crippen molar-refractivity contribution >= 4 is 12.4 Å².